The van der Waals surface area contributed by atoms with Gasteiger partial charge in [-0.05, 0) is 75.5 Å². The lowest BCUT2D eigenvalue weighted by molar-refractivity contribution is 0.182. The van der Waals surface area contributed by atoms with Crippen molar-refractivity contribution >= 4 is 33.0 Å². The van der Waals surface area contributed by atoms with Crippen molar-refractivity contribution in [3.8, 4) is 22.2 Å². The van der Waals surface area contributed by atoms with Crippen LogP contribution >= 0.6 is 22.9 Å². The number of likely N-dealkylation sites (tertiary alicyclic amines) is 1. The zero-order chi connectivity index (χ0) is 22.7. The van der Waals surface area contributed by atoms with Crippen LogP contribution in [0.15, 0.2) is 39.8 Å². The van der Waals surface area contributed by atoms with E-state index >= 15 is 0 Å². The third-order valence-electron chi connectivity index (χ3n) is 5.59. The van der Waals surface area contributed by atoms with E-state index in [1.165, 1.54) is 24.2 Å². The van der Waals surface area contributed by atoms with Gasteiger partial charge in [-0.15, -0.1) is 11.3 Å². The maximum atomic E-state index is 12.9. The summed E-state index contributed by atoms with van der Waals surface area (Å²) in [6.07, 6.45) is 3.29. The quantitative estimate of drug-likeness (QED) is 0.451. The second-order valence-electron chi connectivity index (χ2n) is 8.26. The number of piperidine rings is 1. The van der Waals surface area contributed by atoms with Crippen LogP contribution in [0.4, 0.5) is 0 Å². The number of rotatable bonds is 8. The Hall–Kier alpha value is -1.78. The molecule has 4 rings (SSSR count). The Labute approximate surface area is 197 Å². The van der Waals surface area contributed by atoms with Gasteiger partial charge in [0.25, 0.3) is 5.89 Å². The standard InChI is InChI=1S/C22H27ClN4O3S2/c1-15-5-3-11-27(14-15)12-4-10-24-32(28,29)20-13-19(31-16(20)2)22-25-21(26-30-22)17-6-8-18(23)9-7-17/h6-9,13,15,24H,3-5,10-12,14H2,1-2H3/t15-/m0/s1. The highest BCUT2D eigenvalue weighted by Crippen LogP contribution is 2.33. The number of nitrogens with zero attached hydrogens (tertiary/aromatic N) is 3. The molecule has 0 spiro atoms. The van der Waals surface area contributed by atoms with Gasteiger partial charge in [0.05, 0.1) is 9.77 Å². The fourth-order valence-electron chi connectivity index (χ4n) is 3.95. The van der Waals surface area contributed by atoms with Gasteiger partial charge in [-0.2, -0.15) is 4.98 Å². The van der Waals surface area contributed by atoms with Gasteiger partial charge >= 0.3 is 0 Å². The number of aromatic nitrogens is 2. The molecule has 172 valence electrons. The molecular formula is C22H27ClN4O3S2. The summed E-state index contributed by atoms with van der Waals surface area (Å²) in [6, 6.07) is 8.73. The summed E-state index contributed by atoms with van der Waals surface area (Å²) in [6.45, 7) is 7.59. The molecule has 1 aliphatic rings. The van der Waals surface area contributed by atoms with Crippen molar-refractivity contribution in [2.45, 2.75) is 38.0 Å². The Morgan fingerprint density at radius 1 is 1.31 bits per heavy atom. The third-order valence-corrected chi connectivity index (χ3v) is 8.59. The number of sulfonamides is 1. The van der Waals surface area contributed by atoms with Crippen LogP contribution in [0, 0.1) is 12.8 Å². The molecule has 2 aromatic heterocycles. The number of thiophene rings is 1. The number of nitrogens with one attached hydrogen (secondary N) is 1. The smallest absolute Gasteiger partial charge is 0.268 e. The van der Waals surface area contributed by atoms with Crippen LogP contribution in [-0.4, -0.2) is 49.6 Å². The fraction of sp³-hybridized carbons (Fsp3) is 0.455. The molecule has 1 N–H and O–H groups in total. The molecule has 1 saturated heterocycles. The highest BCUT2D eigenvalue weighted by atomic mass is 35.5. The molecule has 0 saturated carbocycles. The second-order valence-corrected chi connectivity index (χ2v) is 11.7. The Kier molecular flexibility index (Phi) is 7.31. The van der Waals surface area contributed by atoms with Gasteiger partial charge in [-0.25, -0.2) is 13.1 Å². The van der Waals surface area contributed by atoms with Crippen LogP contribution in [0.25, 0.3) is 22.2 Å². The predicted molar refractivity (Wildman–Crippen MR) is 127 cm³/mol. The average molecular weight is 495 g/mol. The van der Waals surface area contributed by atoms with Crippen LogP contribution in [0.5, 0.6) is 0 Å². The van der Waals surface area contributed by atoms with Crippen molar-refractivity contribution in [2.75, 3.05) is 26.2 Å². The van der Waals surface area contributed by atoms with E-state index in [4.69, 9.17) is 16.1 Å². The van der Waals surface area contributed by atoms with Gasteiger partial charge in [0.2, 0.25) is 15.8 Å². The van der Waals surface area contributed by atoms with Crippen LogP contribution in [0.1, 0.15) is 31.1 Å². The molecule has 1 aliphatic heterocycles. The van der Waals surface area contributed by atoms with Crippen LogP contribution in [0.2, 0.25) is 5.02 Å². The topological polar surface area (TPSA) is 88.3 Å². The summed E-state index contributed by atoms with van der Waals surface area (Å²) in [7, 11) is -3.60. The van der Waals surface area contributed by atoms with Crippen LogP contribution in [-0.2, 0) is 10.0 Å². The monoisotopic (exact) mass is 494 g/mol. The molecule has 1 atom stereocenters. The number of benzene rings is 1. The average Bonchev–Trinajstić information content (AvgIpc) is 3.39. The lowest BCUT2D eigenvalue weighted by Crippen LogP contribution is -2.36. The number of hydrogen-bond acceptors (Lipinski definition) is 7. The fourth-order valence-corrected chi connectivity index (χ4v) is 6.67. The van der Waals surface area contributed by atoms with Gasteiger partial charge in [0.15, 0.2) is 0 Å². The minimum Gasteiger partial charge on any atom is -0.333 e. The Morgan fingerprint density at radius 3 is 2.84 bits per heavy atom. The summed E-state index contributed by atoms with van der Waals surface area (Å²) in [5.74, 6) is 1.44. The summed E-state index contributed by atoms with van der Waals surface area (Å²) in [4.78, 5) is 8.41. The van der Waals surface area contributed by atoms with Crippen molar-refractivity contribution in [3.05, 3.63) is 40.2 Å². The van der Waals surface area contributed by atoms with E-state index in [9.17, 15) is 8.42 Å². The molecule has 10 heteroatoms. The minimum atomic E-state index is -3.60. The van der Waals surface area contributed by atoms with E-state index in [0.29, 0.717) is 33.0 Å². The zero-order valence-corrected chi connectivity index (χ0v) is 20.6. The highest BCUT2D eigenvalue weighted by Gasteiger charge is 2.23. The first-order valence-electron chi connectivity index (χ1n) is 10.7. The molecule has 1 fully saturated rings. The maximum Gasteiger partial charge on any atom is 0.268 e. The summed E-state index contributed by atoms with van der Waals surface area (Å²) >= 11 is 7.25. The molecule has 1 aromatic carbocycles. The molecule has 0 aliphatic carbocycles. The summed E-state index contributed by atoms with van der Waals surface area (Å²) < 4.78 is 33.9. The molecule has 32 heavy (non-hydrogen) atoms. The predicted octanol–water partition coefficient (Wildman–Crippen LogP) is 4.83. The van der Waals surface area contributed by atoms with Crippen molar-refractivity contribution in [1.82, 2.24) is 19.8 Å². The SMILES string of the molecule is Cc1sc(-c2nc(-c3ccc(Cl)cc3)no2)cc1S(=O)(=O)NCCCN1CCC[C@H](C)C1. The molecule has 0 bridgehead atoms. The lowest BCUT2D eigenvalue weighted by Gasteiger charge is -2.30. The van der Waals surface area contributed by atoms with E-state index in [1.807, 2.05) is 0 Å². The Morgan fingerprint density at radius 2 is 2.09 bits per heavy atom. The molecule has 0 amide bonds. The zero-order valence-electron chi connectivity index (χ0n) is 18.2. The van der Waals surface area contributed by atoms with E-state index < -0.39 is 10.0 Å². The van der Waals surface area contributed by atoms with Gasteiger partial charge in [-0.1, -0.05) is 23.7 Å². The van der Waals surface area contributed by atoms with E-state index in [1.54, 1.807) is 37.3 Å². The Bertz CT molecular complexity index is 1160. The van der Waals surface area contributed by atoms with Crippen LogP contribution < -0.4 is 4.72 Å². The number of aryl methyl sites for hydroxylation is 1. The highest BCUT2D eigenvalue weighted by molar-refractivity contribution is 7.89. The van der Waals surface area contributed by atoms with E-state index in [2.05, 4.69) is 26.7 Å². The first kappa shape index (κ1) is 23.4. The first-order valence-corrected chi connectivity index (χ1v) is 13.4. The minimum absolute atomic E-state index is 0.260. The normalized spacial score (nSPS) is 17.7. The van der Waals surface area contributed by atoms with Crippen molar-refractivity contribution in [2.24, 2.45) is 5.92 Å². The molecule has 0 radical (unpaired) electrons. The third kappa shape index (κ3) is 5.58. The van der Waals surface area contributed by atoms with E-state index in [0.717, 1.165) is 37.5 Å². The summed E-state index contributed by atoms with van der Waals surface area (Å²) in [5, 5.41) is 4.64. The Balaban J connectivity index is 1.39. The molecular weight excluding hydrogens is 468 g/mol. The van der Waals surface area contributed by atoms with Crippen molar-refractivity contribution in [1.29, 1.82) is 0 Å². The van der Waals surface area contributed by atoms with Crippen molar-refractivity contribution in [3.63, 3.8) is 0 Å². The first-order chi connectivity index (χ1) is 15.3. The van der Waals surface area contributed by atoms with Gasteiger partial charge in [-0.3, -0.25) is 0 Å². The molecule has 3 heterocycles. The molecule has 0 unspecified atom stereocenters. The summed E-state index contributed by atoms with van der Waals surface area (Å²) in [5.41, 5.74) is 0.773. The van der Waals surface area contributed by atoms with E-state index in [-0.39, 0.29) is 4.90 Å². The largest absolute Gasteiger partial charge is 0.333 e. The van der Waals surface area contributed by atoms with Crippen molar-refractivity contribution < 1.29 is 12.9 Å². The molecule has 3 aromatic rings. The number of halogens is 1. The second kappa shape index (κ2) is 10.0. The van der Waals surface area contributed by atoms with Gasteiger partial charge in [0, 0.05) is 28.6 Å². The lowest BCUT2D eigenvalue weighted by atomic mass is 10.0. The molecule has 7 nitrogen and oxygen atoms in total. The van der Waals surface area contributed by atoms with Crippen LogP contribution in [0.3, 0.4) is 0 Å². The maximum absolute atomic E-state index is 12.9. The number of hydrogen-bond donors (Lipinski definition) is 1. The van der Waals surface area contributed by atoms with Gasteiger partial charge in [0.1, 0.15) is 0 Å². The van der Waals surface area contributed by atoms with Gasteiger partial charge < -0.3 is 9.42 Å².